The number of amides is 2. The predicted octanol–water partition coefficient (Wildman–Crippen LogP) is 5.47. The first kappa shape index (κ1) is 27.2. The third-order valence-corrected chi connectivity index (χ3v) is 7.12. The van der Waals surface area contributed by atoms with Crippen molar-refractivity contribution in [1.29, 1.82) is 0 Å². The molecule has 200 valence electrons. The Kier molecular flexibility index (Phi) is 9.79. The molecule has 1 aliphatic carbocycles. The van der Waals surface area contributed by atoms with Gasteiger partial charge in [0.05, 0.1) is 7.11 Å². The molecule has 0 radical (unpaired) electrons. The first-order chi connectivity index (χ1) is 18.5. The largest absolute Gasteiger partial charge is 0.493 e. The van der Waals surface area contributed by atoms with Crippen molar-refractivity contribution in [2.24, 2.45) is 0 Å². The molecular weight excluding hydrogens is 476 g/mol. The number of nitrogens with one attached hydrogen (secondary N) is 1. The number of rotatable bonds is 11. The molecule has 2 amide bonds. The number of aryl methyl sites for hydroxylation is 1. The van der Waals surface area contributed by atoms with E-state index < -0.39 is 6.04 Å². The summed E-state index contributed by atoms with van der Waals surface area (Å²) < 4.78 is 11.3. The van der Waals surface area contributed by atoms with Gasteiger partial charge in [0.2, 0.25) is 5.91 Å². The Bertz CT molecular complexity index is 1170. The van der Waals surface area contributed by atoms with Crippen molar-refractivity contribution < 1.29 is 19.1 Å². The molecular formula is C32H38N2O4. The number of hydrogen-bond donors (Lipinski definition) is 1. The minimum Gasteiger partial charge on any atom is -0.493 e. The first-order valence-electron chi connectivity index (χ1n) is 13.5. The monoisotopic (exact) mass is 514 g/mol. The number of nitrogens with zero attached hydrogens (tertiary/aromatic N) is 1. The number of methoxy groups -OCH3 is 1. The van der Waals surface area contributed by atoms with E-state index in [4.69, 9.17) is 9.47 Å². The van der Waals surface area contributed by atoms with Crippen LogP contribution in [-0.4, -0.2) is 42.5 Å². The van der Waals surface area contributed by atoms with Crippen molar-refractivity contribution in [3.05, 3.63) is 95.6 Å². The molecule has 1 N–H and O–H groups in total. The van der Waals surface area contributed by atoms with Crippen molar-refractivity contribution >= 4 is 11.8 Å². The van der Waals surface area contributed by atoms with Gasteiger partial charge in [0.1, 0.15) is 6.04 Å². The molecule has 0 heterocycles. The van der Waals surface area contributed by atoms with Crippen LogP contribution in [0.3, 0.4) is 0 Å². The number of ether oxygens (including phenoxy) is 2. The standard InChI is InChI=1S/C32H38N2O4/c1-24-17-19-26(20-18-24)22-34(31(35)23-38-30-16-10-9-15-29(30)37-2)28(21-25-11-5-3-6-12-25)32(36)33-27-13-7-4-8-14-27/h3,5-6,9-12,15-20,27-28H,4,7-8,13-14,21-23H2,1-2H3,(H,33,36)/t28-/m0/s1. The molecule has 0 spiro atoms. The van der Waals surface area contributed by atoms with Crippen LogP contribution >= 0.6 is 0 Å². The topological polar surface area (TPSA) is 67.9 Å². The van der Waals surface area contributed by atoms with Gasteiger partial charge in [-0.25, -0.2) is 0 Å². The lowest BCUT2D eigenvalue weighted by Crippen LogP contribution is -2.53. The van der Waals surface area contributed by atoms with Crippen LogP contribution in [0.4, 0.5) is 0 Å². The quantitative estimate of drug-likeness (QED) is 0.368. The summed E-state index contributed by atoms with van der Waals surface area (Å²) in [5.74, 6) is 0.681. The second-order valence-corrected chi connectivity index (χ2v) is 10.00. The fraction of sp³-hybridized carbons (Fsp3) is 0.375. The van der Waals surface area contributed by atoms with Crippen LogP contribution in [0.25, 0.3) is 0 Å². The summed E-state index contributed by atoms with van der Waals surface area (Å²) >= 11 is 0. The van der Waals surface area contributed by atoms with E-state index in [0.717, 1.165) is 42.4 Å². The van der Waals surface area contributed by atoms with Gasteiger partial charge in [-0.2, -0.15) is 0 Å². The molecule has 0 bridgehead atoms. The molecule has 6 heteroatoms. The normalized spacial score (nSPS) is 14.4. The Morgan fingerprint density at radius 3 is 2.21 bits per heavy atom. The van der Waals surface area contributed by atoms with Gasteiger partial charge in [-0.05, 0) is 43.0 Å². The van der Waals surface area contributed by atoms with Crippen LogP contribution in [0.1, 0.15) is 48.8 Å². The number of para-hydroxylation sites is 2. The Balaban J connectivity index is 1.61. The second kappa shape index (κ2) is 13.7. The van der Waals surface area contributed by atoms with Crippen LogP contribution in [0.5, 0.6) is 11.5 Å². The average molecular weight is 515 g/mol. The molecule has 38 heavy (non-hydrogen) atoms. The van der Waals surface area contributed by atoms with E-state index in [2.05, 4.69) is 5.32 Å². The third-order valence-electron chi connectivity index (χ3n) is 7.12. The maximum atomic E-state index is 13.8. The van der Waals surface area contributed by atoms with Crippen molar-refractivity contribution in [2.75, 3.05) is 13.7 Å². The summed E-state index contributed by atoms with van der Waals surface area (Å²) in [5, 5.41) is 3.27. The van der Waals surface area contributed by atoms with Crippen molar-refractivity contribution in [3.8, 4) is 11.5 Å². The zero-order valence-corrected chi connectivity index (χ0v) is 22.4. The Labute approximate surface area is 226 Å². The molecule has 3 aromatic carbocycles. The molecule has 1 saturated carbocycles. The van der Waals surface area contributed by atoms with E-state index in [1.807, 2.05) is 73.7 Å². The molecule has 1 aliphatic rings. The fourth-order valence-corrected chi connectivity index (χ4v) is 4.95. The van der Waals surface area contributed by atoms with Gasteiger partial charge >= 0.3 is 0 Å². The van der Waals surface area contributed by atoms with E-state index in [0.29, 0.717) is 24.5 Å². The van der Waals surface area contributed by atoms with Crippen molar-refractivity contribution in [1.82, 2.24) is 10.2 Å². The molecule has 4 rings (SSSR count). The summed E-state index contributed by atoms with van der Waals surface area (Å²) in [4.78, 5) is 29.3. The van der Waals surface area contributed by atoms with E-state index in [9.17, 15) is 9.59 Å². The Hall–Kier alpha value is -3.80. The smallest absolute Gasteiger partial charge is 0.261 e. The molecule has 0 aliphatic heterocycles. The summed E-state index contributed by atoms with van der Waals surface area (Å²) in [5.41, 5.74) is 3.11. The molecule has 6 nitrogen and oxygen atoms in total. The summed E-state index contributed by atoms with van der Waals surface area (Å²) in [6.45, 7) is 2.14. The third kappa shape index (κ3) is 7.60. The van der Waals surface area contributed by atoms with E-state index >= 15 is 0 Å². The number of benzene rings is 3. The SMILES string of the molecule is COc1ccccc1OCC(=O)N(Cc1ccc(C)cc1)[C@@H](Cc1ccccc1)C(=O)NC1CCCCC1. The molecule has 0 saturated heterocycles. The highest BCUT2D eigenvalue weighted by atomic mass is 16.5. The second-order valence-electron chi connectivity index (χ2n) is 10.00. The lowest BCUT2D eigenvalue weighted by Gasteiger charge is -2.33. The fourth-order valence-electron chi connectivity index (χ4n) is 4.95. The lowest BCUT2D eigenvalue weighted by atomic mass is 9.94. The van der Waals surface area contributed by atoms with Crippen LogP contribution in [0.15, 0.2) is 78.9 Å². The van der Waals surface area contributed by atoms with Crippen LogP contribution < -0.4 is 14.8 Å². The maximum Gasteiger partial charge on any atom is 0.261 e. The minimum absolute atomic E-state index is 0.112. The van der Waals surface area contributed by atoms with Gasteiger partial charge in [-0.15, -0.1) is 0 Å². The highest BCUT2D eigenvalue weighted by Gasteiger charge is 2.32. The molecule has 0 aromatic heterocycles. The van der Waals surface area contributed by atoms with Crippen LogP contribution in [0.2, 0.25) is 0 Å². The average Bonchev–Trinajstić information content (AvgIpc) is 2.95. The summed E-state index contributed by atoms with van der Waals surface area (Å²) in [7, 11) is 1.57. The van der Waals surface area contributed by atoms with Gasteiger partial charge in [0.25, 0.3) is 5.91 Å². The van der Waals surface area contributed by atoms with Crippen LogP contribution in [-0.2, 0) is 22.6 Å². The molecule has 1 atom stereocenters. The lowest BCUT2D eigenvalue weighted by molar-refractivity contribution is -0.143. The number of carbonyl (C=O) groups is 2. The van der Waals surface area contributed by atoms with Crippen molar-refractivity contribution in [3.63, 3.8) is 0 Å². The molecule has 1 fully saturated rings. The highest BCUT2D eigenvalue weighted by molar-refractivity contribution is 5.88. The predicted molar refractivity (Wildman–Crippen MR) is 149 cm³/mol. The summed E-state index contributed by atoms with van der Waals surface area (Å²) in [6, 6.07) is 24.7. The van der Waals surface area contributed by atoms with E-state index in [-0.39, 0.29) is 24.5 Å². The number of carbonyl (C=O) groups excluding carboxylic acids is 2. The zero-order chi connectivity index (χ0) is 26.7. The van der Waals surface area contributed by atoms with Gasteiger partial charge in [-0.3, -0.25) is 9.59 Å². The van der Waals surface area contributed by atoms with Gasteiger partial charge in [0, 0.05) is 19.0 Å². The van der Waals surface area contributed by atoms with Gasteiger partial charge in [-0.1, -0.05) is 91.6 Å². The number of hydrogen-bond acceptors (Lipinski definition) is 4. The molecule has 0 unspecified atom stereocenters. The first-order valence-corrected chi connectivity index (χ1v) is 13.5. The highest BCUT2D eigenvalue weighted by Crippen LogP contribution is 2.26. The van der Waals surface area contributed by atoms with E-state index in [1.54, 1.807) is 24.1 Å². The van der Waals surface area contributed by atoms with Gasteiger partial charge in [0.15, 0.2) is 18.1 Å². The van der Waals surface area contributed by atoms with E-state index in [1.165, 1.54) is 6.42 Å². The summed E-state index contributed by atoms with van der Waals surface area (Å²) in [6.07, 6.45) is 5.82. The molecule has 3 aromatic rings. The Morgan fingerprint density at radius 2 is 1.53 bits per heavy atom. The maximum absolute atomic E-state index is 13.8. The van der Waals surface area contributed by atoms with Gasteiger partial charge < -0.3 is 19.7 Å². The van der Waals surface area contributed by atoms with Crippen LogP contribution in [0, 0.1) is 6.92 Å². The minimum atomic E-state index is -0.672. The Morgan fingerprint density at radius 1 is 0.868 bits per heavy atom. The van der Waals surface area contributed by atoms with Crippen molar-refractivity contribution in [2.45, 2.75) is 64.1 Å². The zero-order valence-electron chi connectivity index (χ0n) is 22.4.